The molecule has 5 heteroatoms. The van der Waals surface area contributed by atoms with Crippen LogP contribution in [0.4, 0.5) is 5.95 Å². The van der Waals surface area contributed by atoms with Crippen molar-refractivity contribution in [3.05, 3.63) is 11.8 Å². The summed E-state index contributed by atoms with van der Waals surface area (Å²) < 4.78 is 10.6. The Kier molecular flexibility index (Phi) is 6.43. The predicted molar refractivity (Wildman–Crippen MR) is 72.1 cm³/mol. The van der Waals surface area contributed by atoms with Gasteiger partial charge in [0.1, 0.15) is 0 Å². The quantitative estimate of drug-likeness (QED) is 0.721. The topological polar surface area (TPSA) is 56.3 Å². The molecule has 5 nitrogen and oxygen atoms in total. The third-order valence-electron chi connectivity index (χ3n) is 2.25. The second kappa shape index (κ2) is 7.87. The molecule has 1 N–H and O–H groups in total. The van der Waals surface area contributed by atoms with Crippen molar-refractivity contribution in [2.24, 2.45) is 0 Å². The van der Waals surface area contributed by atoms with Gasteiger partial charge in [-0.3, -0.25) is 0 Å². The number of aromatic nitrogens is 2. The van der Waals surface area contributed by atoms with Gasteiger partial charge in [0.25, 0.3) is 0 Å². The maximum absolute atomic E-state index is 5.57. The van der Waals surface area contributed by atoms with Crippen molar-refractivity contribution in [2.45, 2.75) is 39.7 Å². The van der Waals surface area contributed by atoms with Crippen LogP contribution in [0.25, 0.3) is 0 Å². The van der Waals surface area contributed by atoms with Crippen LogP contribution in [0.5, 0.6) is 5.88 Å². The Morgan fingerprint density at radius 1 is 1.28 bits per heavy atom. The van der Waals surface area contributed by atoms with E-state index < -0.39 is 0 Å². The minimum absolute atomic E-state index is 0.119. The van der Waals surface area contributed by atoms with Gasteiger partial charge in [-0.25, -0.2) is 4.98 Å². The summed E-state index contributed by atoms with van der Waals surface area (Å²) in [6.07, 6.45) is 2.18. The molecule has 1 aromatic rings. The van der Waals surface area contributed by atoms with Crippen molar-refractivity contribution in [1.82, 2.24) is 9.97 Å². The Labute approximate surface area is 109 Å². The van der Waals surface area contributed by atoms with E-state index in [2.05, 4.69) is 15.3 Å². The van der Waals surface area contributed by atoms with Gasteiger partial charge in [-0.2, -0.15) is 4.98 Å². The molecule has 0 spiro atoms. The highest BCUT2D eigenvalue weighted by atomic mass is 16.5. The van der Waals surface area contributed by atoms with Gasteiger partial charge in [0.2, 0.25) is 11.8 Å². The Morgan fingerprint density at radius 2 is 2.06 bits per heavy atom. The van der Waals surface area contributed by atoms with Gasteiger partial charge in [-0.15, -0.1) is 0 Å². The van der Waals surface area contributed by atoms with Crippen LogP contribution >= 0.6 is 0 Å². The first kappa shape index (κ1) is 14.7. The summed E-state index contributed by atoms with van der Waals surface area (Å²) in [6, 6.07) is 1.84. The van der Waals surface area contributed by atoms with E-state index >= 15 is 0 Å². The number of hydrogen-bond donors (Lipinski definition) is 1. The molecule has 0 atom stereocenters. The molecule has 0 aliphatic heterocycles. The van der Waals surface area contributed by atoms with E-state index in [0.29, 0.717) is 11.8 Å². The van der Waals surface area contributed by atoms with Gasteiger partial charge < -0.3 is 14.8 Å². The number of methoxy groups -OCH3 is 1. The molecule has 0 fully saturated rings. The molecule has 0 aliphatic carbocycles. The smallest absolute Gasteiger partial charge is 0.226 e. The van der Waals surface area contributed by atoms with E-state index in [1.165, 1.54) is 0 Å². The lowest BCUT2D eigenvalue weighted by atomic mass is 10.3. The molecular weight excluding hydrogens is 230 g/mol. The van der Waals surface area contributed by atoms with Crippen LogP contribution < -0.4 is 10.1 Å². The monoisotopic (exact) mass is 253 g/mol. The first-order valence-electron chi connectivity index (χ1n) is 6.37. The highest BCUT2D eigenvalue weighted by Gasteiger charge is 2.04. The van der Waals surface area contributed by atoms with E-state index in [1.807, 2.05) is 26.8 Å². The third kappa shape index (κ3) is 5.82. The van der Waals surface area contributed by atoms with Gasteiger partial charge in [0.05, 0.1) is 6.10 Å². The van der Waals surface area contributed by atoms with Crippen LogP contribution in [0.2, 0.25) is 0 Å². The van der Waals surface area contributed by atoms with Gasteiger partial charge in [0, 0.05) is 32.0 Å². The molecule has 0 saturated heterocycles. The fourth-order valence-electron chi connectivity index (χ4n) is 1.49. The van der Waals surface area contributed by atoms with Crippen molar-refractivity contribution < 1.29 is 9.47 Å². The average molecular weight is 253 g/mol. The van der Waals surface area contributed by atoms with Gasteiger partial charge in [-0.05, 0) is 33.6 Å². The molecule has 0 aromatic carbocycles. The van der Waals surface area contributed by atoms with Crippen molar-refractivity contribution in [2.75, 3.05) is 25.6 Å². The number of ether oxygens (including phenoxy) is 2. The molecule has 102 valence electrons. The van der Waals surface area contributed by atoms with E-state index in [4.69, 9.17) is 9.47 Å². The SMILES string of the molecule is COCCCCNc1nc(C)cc(OC(C)C)n1. The summed E-state index contributed by atoms with van der Waals surface area (Å²) in [7, 11) is 1.71. The summed E-state index contributed by atoms with van der Waals surface area (Å²) in [4.78, 5) is 8.64. The van der Waals surface area contributed by atoms with Crippen LogP contribution in [-0.4, -0.2) is 36.3 Å². The lowest BCUT2D eigenvalue weighted by Crippen LogP contribution is -2.11. The second-order valence-corrected chi connectivity index (χ2v) is 4.46. The van der Waals surface area contributed by atoms with E-state index in [-0.39, 0.29) is 6.10 Å². The Balaban J connectivity index is 2.46. The molecule has 1 rings (SSSR count). The predicted octanol–water partition coefficient (Wildman–Crippen LogP) is 2.41. The number of unbranched alkanes of at least 4 members (excludes halogenated alkanes) is 1. The number of hydrogen-bond acceptors (Lipinski definition) is 5. The molecular formula is C13H23N3O2. The summed E-state index contributed by atoms with van der Waals surface area (Å²) >= 11 is 0. The molecule has 1 aromatic heterocycles. The van der Waals surface area contributed by atoms with Crippen molar-refractivity contribution in [3.63, 3.8) is 0 Å². The molecule has 1 heterocycles. The highest BCUT2D eigenvalue weighted by Crippen LogP contribution is 2.13. The summed E-state index contributed by atoms with van der Waals surface area (Å²) in [5.74, 6) is 1.25. The van der Waals surface area contributed by atoms with E-state index in [1.54, 1.807) is 7.11 Å². The summed E-state index contributed by atoms with van der Waals surface area (Å²) in [5, 5.41) is 3.20. The van der Waals surface area contributed by atoms with Crippen LogP contribution in [0.1, 0.15) is 32.4 Å². The third-order valence-corrected chi connectivity index (χ3v) is 2.25. The molecule has 18 heavy (non-hydrogen) atoms. The molecule has 0 bridgehead atoms. The lowest BCUT2D eigenvalue weighted by Gasteiger charge is -2.11. The Morgan fingerprint density at radius 3 is 2.72 bits per heavy atom. The van der Waals surface area contributed by atoms with Crippen molar-refractivity contribution >= 4 is 5.95 Å². The Hall–Kier alpha value is -1.36. The number of aryl methyl sites for hydroxylation is 1. The maximum Gasteiger partial charge on any atom is 0.226 e. The largest absolute Gasteiger partial charge is 0.475 e. The standard InChI is InChI=1S/C13H23N3O2/c1-10(2)18-12-9-11(3)15-13(16-12)14-7-5-6-8-17-4/h9-10H,5-8H2,1-4H3,(H,14,15,16). The van der Waals surface area contributed by atoms with Crippen LogP contribution in [0.15, 0.2) is 6.07 Å². The summed E-state index contributed by atoms with van der Waals surface area (Å²) in [6.45, 7) is 7.53. The van der Waals surface area contributed by atoms with Crippen LogP contribution in [0, 0.1) is 6.92 Å². The zero-order valence-corrected chi connectivity index (χ0v) is 11.7. The Bertz CT molecular complexity index is 356. The normalized spacial score (nSPS) is 10.7. The van der Waals surface area contributed by atoms with Crippen LogP contribution in [0.3, 0.4) is 0 Å². The second-order valence-electron chi connectivity index (χ2n) is 4.46. The fraction of sp³-hybridized carbons (Fsp3) is 0.692. The van der Waals surface area contributed by atoms with E-state index in [9.17, 15) is 0 Å². The number of rotatable bonds is 8. The number of anilines is 1. The van der Waals surface area contributed by atoms with Gasteiger partial charge in [0.15, 0.2) is 0 Å². The number of nitrogens with one attached hydrogen (secondary N) is 1. The average Bonchev–Trinajstić information content (AvgIpc) is 2.27. The van der Waals surface area contributed by atoms with Gasteiger partial charge in [-0.1, -0.05) is 0 Å². The zero-order chi connectivity index (χ0) is 13.4. The molecule has 0 aliphatic rings. The first-order valence-corrected chi connectivity index (χ1v) is 6.37. The number of nitrogens with zero attached hydrogens (tertiary/aromatic N) is 2. The molecule has 0 radical (unpaired) electrons. The molecule has 0 saturated carbocycles. The fourth-order valence-corrected chi connectivity index (χ4v) is 1.49. The lowest BCUT2D eigenvalue weighted by molar-refractivity contribution is 0.193. The van der Waals surface area contributed by atoms with Gasteiger partial charge >= 0.3 is 0 Å². The van der Waals surface area contributed by atoms with E-state index in [0.717, 1.165) is 31.7 Å². The minimum Gasteiger partial charge on any atom is -0.475 e. The zero-order valence-electron chi connectivity index (χ0n) is 11.7. The van der Waals surface area contributed by atoms with Crippen molar-refractivity contribution in [3.8, 4) is 5.88 Å². The maximum atomic E-state index is 5.57. The molecule has 0 unspecified atom stereocenters. The highest BCUT2D eigenvalue weighted by molar-refractivity contribution is 5.30. The summed E-state index contributed by atoms with van der Waals surface area (Å²) in [5.41, 5.74) is 0.903. The van der Waals surface area contributed by atoms with Crippen molar-refractivity contribution in [1.29, 1.82) is 0 Å². The first-order chi connectivity index (χ1) is 8.61. The van der Waals surface area contributed by atoms with Crippen LogP contribution in [-0.2, 0) is 4.74 Å². The molecule has 0 amide bonds. The minimum atomic E-state index is 0.119.